The molecule has 8 heteroatoms. The van der Waals surface area contributed by atoms with Crippen molar-refractivity contribution >= 4 is 46.8 Å². The van der Waals surface area contributed by atoms with Gasteiger partial charge in [-0.3, -0.25) is 19.0 Å². The van der Waals surface area contributed by atoms with E-state index in [-0.39, 0.29) is 39.3 Å². The summed E-state index contributed by atoms with van der Waals surface area (Å²) in [7, 11) is 0. The molecule has 0 aliphatic carbocycles. The molecular weight excluding hydrogens is 427 g/mol. The number of amides is 1. The summed E-state index contributed by atoms with van der Waals surface area (Å²) in [6, 6.07) is 4.25. The maximum Gasteiger partial charge on any atom is 0.269 e. The molecule has 0 unspecified atom stereocenters. The lowest BCUT2D eigenvalue weighted by molar-refractivity contribution is -0.122. The van der Waals surface area contributed by atoms with Crippen LogP contribution in [0.4, 0.5) is 4.39 Å². The first kappa shape index (κ1) is 24.0. The average Bonchev–Trinajstić information content (AvgIpc) is 2.91. The topological polar surface area (TPSA) is 68.2 Å². The van der Waals surface area contributed by atoms with Gasteiger partial charge >= 0.3 is 0 Å². The Kier molecular flexibility index (Phi) is 7.77. The Morgan fingerprint density at radius 2 is 1.97 bits per heavy atom. The minimum atomic E-state index is -0.649. The van der Waals surface area contributed by atoms with Gasteiger partial charge in [0.1, 0.15) is 17.0 Å². The summed E-state index contributed by atoms with van der Waals surface area (Å²) in [5.41, 5.74) is -1.04. The smallest absolute Gasteiger partial charge is 0.269 e. The molecule has 162 valence electrons. The third-order valence-electron chi connectivity index (χ3n) is 4.21. The number of rotatable bonds is 6. The molecule has 5 nitrogen and oxygen atoms in total. The number of nitrogens with zero attached hydrogens (tertiary/aromatic N) is 1. The largest absolute Gasteiger partial charge is 0.354 e. The van der Waals surface area contributed by atoms with Crippen LogP contribution in [0.2, 0.25) is 5.02 Å². The number of hydrogen-bond acceptors (Lipinski definition) is 4. The Morgan fingerprint density at radius 1 is 1.30 bits per heavy atom. The van der Waals surface area contributed by atoms with Gasteiger partial charge < -0.3 is 5.32 Å². The van der Waals surface area contributed by atoms with Crippen molar-refractivity contribution in [3.63, 3.8) is 0 Å². The highest BCUT2D eigenvalue weighted by Crippen LogP contribution is 2.19. The first-order valence-electron chi connectivity index (χ1n) is 9.58. The molecule has 0 fully saturated rings. The summed E-state index contributed by atoms with van der Waals surface area (Å²) in [5, 5.41) is 2.93. The van der Waals surface area contributed by atoms with Crippen molar-refractivity contribution in [1.82, 2.24) is 9.88 Å². The highest BCUT2D eigenvalue weighted by atomic mass is 35.5. The minimum Gasteiger partial charge on any atom is -0.354 e. The number of nitrogens with one attached hydrogen (secondary N) is 1. The average molecular weight is 453 g/mol. The van der Waals surface area contributed by atoms with Gasteiger partial charge in [-0.15, -0.1) is 11.3 Å². The Bertz CT molecular complexity index is 1110. The molecule has 0 saturated heterocycles. The molecule has 2 rings (SSSR count). The van der Waals surface area contributed by atoms with Crippen LogP contribution in [0.5, 0.6) is 0 Å². The van der Waals surface area contributed by atoms with Crippen molar-refractivity contribution in [2.24, 2.45) is 11.3 Å². The van der Waals surface area contributed by atoms with Crippen LogP contribution in [0.3, 0.4) is 0 Å². The van der Waals surface area contributed by atoms with Crippen LogP contribution in [0.25, 0.3) is 12.2 Å². The van der Waals surface area contributed by atoms with Crippen LogP contribution >= 0.6 is 22.9 Å². The van der Waals surface area contributed by atoms with E-state index in [4.69, 9.17) is 11.6 Å². The quantitative estimate of drug-likeness (QED) is 0.732. The molecule has 0 aliphatic rings. The number of thiazole rings is 1. The number of ketones is 1. The standard InChI is InChI=1S/C22H26ClFN2O3S/c1-13(2)11-25-19(28)12-26-20(10-18(27)22(3,4)5)30-17(21(26)29)9-14-15(23)7-6-8-16(14)24/h6-10,13H,11-12H2,1-5H3,(H,25,28). The summed E-state index contributed by atoms with van der Waals surface area (Å²) < 4.78 is 15.9. The molecule has 1 amide bonds. The summed E-state index contributed by atoms with van der Waals surface area (Å²) >= 11 is 7.10. The molecular formula is C22H26ClFN2O3S. The van der Waals surface area contributed by atoms with Gasteiger partial charge in [0.25, 0.3) is 5.56 Å². The molecule has 1 heterocycles. The SMILES string of the molecule is CC(C)CNC(=O)Cn1c(=CC(=O)C(C)(C)C)sc(=Cc2c(F)cccc2Cl)c1=O. The summed E-state index contributed by atoms with van der Waals surface area (Å²) in [6.45, 7) is 9.47. The highest BCUT2D eigenvalue weighted by molar-refractivity contribution is 7.07. The summed E-state index contributed by atoms with van der Waals surface area (Å²) in [4.78, 5) is 37.8. The molecule has 0 radical (unpaired) electrons. The van der Waals surface area contributed by atoms with Crippen molar-refractivity contribution in [2.45, 2.75) is 41.2 Å². The molecule has 30 heavy (non-hydrogen) atoms. The van der Waals surface area contributed by atoms with Crippen LogP contribution in [0.15, 0.2) is 23.0 Å². The van der Waals surface area contributed by atoms with Gasteiger partial charge in [0, 0.05) is 23.6 Å². The van der Waals surface area contributed by atoms with Crippen LogP contribution < -0.4 is 20.1 Å². The second-order valence-electron chi connectivity index (χ2n) is 8.43. The van der Waals surface area contributed by atoms with Crippen LogP contribution in [0.1, 0.15) is 40.2 Å². The van der Waals surface area contributed by atoms with Gasteiger partial charge in [0.05, 0.1) is 9.55 Å². The Balaban J connectivity index is 2.63. The fourth-order valence-corrected chi connectivity index (χ4v) is 3.66. The fourth-order valence-electron chi connectivity index (χ4n) is 2.42. The highest BCUT2D eigenvalue weighted by Gasteiger charge is 2.20. The predicted octanol–water partition coefficient (Wildman–Crippen LogP) is 2.70. The van der Waals surface area contributed by atoms with Crippen LogP contribution in [-0.2, 0) is 16.1 Å². The number of halogens is 2. The molecule has 0 bridgehead atoms. The predicted molar refractivity (Wildman–Crippen MR) is 120 cm³/mol. The first-order valence-corrected chi connectivity index (χ1v) is 10.8. The van der Waals surface area contributed by atoms with Crippen LogP contribution in [-0.4, -0.2) is 22.8 Å². The zero-order valence-electron chi connectivity index (χ0n) is 17.7. The second kappa shape index (κ2) is 9.71. The monoisotopic (exact) mass is 452 g/mol. The third-order valence-corrected chi connectivity index (χ3v) is 5.60. The summed E-state index contributed by atoms with van der Waals surface area (Å²) in [6.07, 6.45) is 2.72. The van der Waals surface area contributed by atoms with E-state index in [0.717, 1.165) is 11.3 Å². The third kappa shape index (κ3) is 6.12. The summed E-state index contributed by atoms with van der Waals surface area (Å²) in [5.74, 6) is -0.825. The van der Waals surface area contributed by atoms with Gasteiger partial charge in [0.15, 0.2) is 5.78 Å². The van der Waals surface area contributed by atoms with E-state index in [2.05, 4.69) is 5.32 Å². The van der Waals surface area contributed by atoms with Gasteiger partial charge in [0.2, 0.25) is 5.91 Å². The Hall–Kier alpha value is -2.25. The van der Waals surface area contributed by atoms with E-state index in [1.807, 2.05) is 13.8 Å². The molecule has 1 N–H and O–H groups in total. The van der Waals surface area contributed by atoms with Gasteiger partial charge in [-0.1, -0.05) is 52.3 Å². The van der Waals surface area contributed by atoms with E-state index >= 15 is 0 Å². The number of carbonyl (C=O) groups excluding carboxylic acids is 2. The fraction of sp³-hybridized carbons (Fsp3) is 0.409. The number of carbonyl (C=O) groups is 2. The number of aromatic nitrogens is 1. The molecule has 0 spiro atoms. The molecule has 0 aliphatic heterocycles. The zero-order valence-corrected chi connectivity index (χ0v) is 19.3. The number of benzene rings is 1. The molecule has 0 saturated carbocycles. The molecule has 1 aromatic heterocycles. The van der Waals surface area contributed by atoms with E-state index < -0.39 is 16.8 Å². The van der Waals surface area contributed by atoms with E-state index in [1.54, 1.807) is 20.8 Å². The van der Waals surface area contributed by atoms with Gasteiger partial charge in [-0.05, 0) is 24.1 Å². The van der Waals surface area contributed by atoms with Crippen molar-refractivity contribution < 1.29 is 14.0 Å². The number of hydrogen-bond donors (Lipinski definition) is 1. The normalized spacial score (nSPS) is 13.2. The maximum atomic E-state index is 14.2. The first-order chi connectivity index (χ1) is 13.9. The minimum absolute atomic E-state index is 0.0858. The number of Topliss-reactive ketones (excluding diaryl/α,β-unsaturated/α-hetero) is 1. The lowest BCUT2D eigenvalue weighted by atomic mass is 9.91. The van der Waals surface area contributed by atoms with Gasteiger partial charge in [-0.25, -0.2) is 4.39 Å². The Labute approximate surface area is 183 Å². The molecule has 0 atom stereocenters. The Morgan fingerprint density at radius 3 is 2.53 bits per heavy atom. The van der Waals surface area contributed by atoms with E-state index in [9.17, 15) is 18.8 Å². The van der Waals surface area contributed by atoms with E-state index in [1.165, 1.54) is 34.9 Å². The second-order valence-corrected chi connectivity index (χ2v) is 9.90. The van der Waals surface area contributed by atoms with Crippen molar-refractivity contribution in [1.29, 1.82) is 0 Å². The van der Waals surface area contributed by atoms with Crippen molar-refractivity contribution in [2.75, 3.05) is 6.54 Å². The molecule has 2 aromatic rings. The lowest BCUT2D eigenvalue weighted by Gasteiger charge is -2.13. The van der Waals surface area contributed by atoms with E-state index in [0.29, 0.717) is 11.2 Å². The van der Waals surface area contributed by atoms with Gasteiger partial charge in [-0.2, -0.15) is 0 Å². The zero-order chi connectivity index (χ0) is 22.6. The lowest BCUT2D eigenvalue weighted by Crippen LogP contribution is -2.39. The van der Waals surface area contributed by atoms with Crippen molar-refractivity contribution in [3.05, 3.63) is 54.2 Å². The van der Waals surface area contributed by atoms with Crippen molar-refractivity contribution in [3.8, 4) is 0 Å². The van der Waals surface area contributed by atoms with Crippen LogP contribution in [0, 0.1) is 17.2 Å². The maximum absolute atomic E-state index is 14.2. The molecule has 1 aromatic carbocycles.